The van der Waals surface area contributed by atoms with E-state index in [0.717, 1.165) is 26.2 Å². The molecule has 8 heteroatoms. The van der Waals surface area contributed by atoms with E-state index in [4.69, 9.17) is 4.74 Å². The average Bonchev–Trinajstić information content (AvgIpc) is 3.16. The van der Waals surface area contributed by atoms with Crippen molar-refractivity contribution in [2.75, 3.05) is 32.8 Å². The fourth-order valence-corrected chi connectivity index (χ4v) is 4.07. The average molecular weight is 333 g/mol. The first kappa shape index (κ1) is 14.8. The SMILES string of the molecule is O=C(c1cn[nH]n1)N1C[C@H]2COC[C@@H]1CN(Cc1ccsc1)C2. The van der Waals surface area contributed by atoms with Gasteiger partial charge in [-0.15, -0.1) is 0 Å². The highest BCUT2D eigenvalue weighted by Gasteiger charge is 2.36. The summed E-state index contributed by atoms with van der Waals surface area (Å²) in [5.41, 5.74) is 1.72. The van der Waals surface area contributed by atoms with Crippen LogP contribution in [0.15, 0.2) is 23.0 Å². The Morgan fingerprint density at radius 2 is 2.35 bits per heavy atom. The molecule has 2 aromatic heterocycles. The largest absolute Gasteiger partial charge is 0.379 e. The van der Waals surface area contributed by atoms with Gasteiger partial charge in [-0.3, -0.25) is 9.69 Å². The first-order valence-electron chi connectivity index (χ1n) is 7.77. The third-order valence-electron chi connectivity index (χ3n) is 4.43. The maximum atomic E-state index is 12.7. The van der Waals surface area contributed by atoms with Gasteiger partial charge in [0.1, 0.15) is 0 Å². The summed E-state index contributed by atoms with van der Waals surface area (Å²) in [6.07, 6.45) is 1.49. The van der Waals surface area contributed by atoms with Crippen LogP contribution in [0.5, 0.6) is 0 Å². The van der Waals surface area contributed by atoms with E-state index in [2.05, 4.69) is 37.1 Å². The van der Waals surface area contributed by atoms with Gasteiger partial charge < -0.3 is 9.64 Å². The molecule has 0 aromatic carbocycles. The van der Waals surface area contributed by atoms with Crippen molar-refractivity contribution in [2.24, 2.45) is 5.92 Å². The minimum atomic E-state index is -0.0587. The molecular formula is C15H19N5O2S. The van der Waals surface area contributed by atoms with Gasteiger partial charge in [-0.1, -0.05) is 0 Å². The maximum Gasteiger partial charge on any atom is 0.276 e. The summed E-state index contributed by atoms with van der Waals surface area (Å²) in [7, 11) is 0. The van der Waals surface area contributed by atoms with Gasteiger partial charge in [0.2, 0.25) is 0 Å². The first-order chi connectivity index (χ1) is 11.3. The summed E-state index contributed by atoms with van der Waals surface area (Å²) in [6, 6.07) is 2.23. The number of amides is 1. The first-order valence-corrected chi connectivity index (χ1v) is 8.72. The molecule has 2 aliphatic rings. The minimum absolute atomic E-state index is 0.0587. The molecular weight excluding hydrogens is 314 g/mol. The second-order valence-electron chi connectivity index (χ2n) is 6.20. The van der Waals surface area contributed by atoms with E-state index in [1.54, 1.807) is 11.3 Å². The molecule has 2 aromatic rings. The van der Waals surface area contributed by atoms with Crippen molar-refractivity contribution in [2.45, 2.75) is 12.6 Å². The monoisotopic (exact) mass is 333 g/mol. The smallest absolute Gasteiger partial charge is 0.276 e. The van der Waals surface area contributed by atoms with Crippen LogP contribution >= 0.6 is 11.3 Å². The van der Waals surface area contributed by atoms with Gasteiger partial charge in [0, 0.05) is 32.1 Å². The van der Waals surface area contributed by atoms with Crippen molar-refractivity contribution in [3.05, 3.63) is 34.3 Å². The number of aromatic amines is 1. The number of hydrogen-bond acceptors (Lipinski definition) is 6. The normalized spacial score (nSPS) is 25.3. The van der Waals surface area contributed by atoms with Crippen molar-refractivity contribution in [1.82, 2.24) is 25.2 Å². The molecule has 0 aliphatic carbocycles. The predicted octanol–water partition coefficient (Wildman–Crippen LogP) is 0.839. The summed E-state index contributed by atoms with van der Waals surface area (Å²) in [5, 5.41) is 14.5. The Morgan fingerprint density at radius 1 is 1.39 bits per heavy atom. The molecule has 1 amide bonds. The fourth-order valence-electron chi connectivity index (χ4n) is 3.41. The molecule has 122 valence electrons. The standard InChI is InChI=1S/C15H19N5O2S/c21-15(14-3-16-18-17-14)20-6-12-5-19(4-11-1-2-23-10-11)7-13(20)9-22-8-12/h1-3,10,12-13H,4-9H2,(H,16,17,18)/t12-,13-/m0/s1. The summed E-state index contributed by atoms with van der Waals surface area (Å²) >= 11 is 1.72. The van der Waals surface area contributed by atoms with Crippen LogP contribution in [0.1, 0.15) is 16.1 Å². The Bertz CT molecular complexity index is 645. The third kappa shape index (κ3) is 3.15. The van der Waals surface area contributed by atoms with Crippen molar-refractivity contribution < 1.29 is 9.53 Å². The number of aromatic nitrogens is 3. The fraction of sp³-hybridized carbons (Fsp3) is 0.533. The predicted molar refractivity (Wildman–Crippen MR) is 85.1 cm³/mol. The molecule has 2 atom stereocenters. The molecule has 0 unspecified atom stereocenters. The van der Waals surface area contributed by atoms with Crippen molar-refractivity contribution in [3.8, 4) is 0 Å². The number of fused-ring (bicyclic) bond motifs is 3. The Balaban J connectivity index is 1.53. The number of carbonyl (C=O) groups excluding carboxylic acids is 1. The van der Waals surface area contributed by atoms with Gasteiger partial charge in [-0.05, 0) is 22.4 Å². The highest BCUT2D eigenvalue weighted by Crippen LogP contribution is 2.23. The van der Waals surface area contributed by atoms with Crippen LogP contribution in [-0.2, 0) is 11.3 Å². The lowest BCUT2D eigenvalue weighted by molar-refractivity contribution is 0.0422. The third-order valence-corrected chi connectivity index (χ3v) is 5.16. The zero-order chi connectivity index (χ0) is 15.6. The number of hydrogen-bond donors (Lipinski definition) is 1. The molecule has 7 nitrogen and oxygen atoms in total. The number of carbonyl (C=O) groups is 1. The van der Waals surface area contributed by atoms with Gasteiger partial charge in [0.05, 0.1) is 25.5 Å². The zero-order valence-corrected chi connectivity index (χ0v) is 13.5. The molecule has 0 radical (unpaired) electrons. The van der Waals surface area contributed by atoms with E-state index >= 15 is 0 Å². The molecule has 2 aliphatic heterocycles. The summed E-state index contributed by atoms with van der Waals surface area (Å²) in [4.78, 5) is 17.1. The number of H-pyrrole nitrogens is 1. The van der Waals surface area contributed by atoms with Crippen molar-refractivity contribution >= 4 is 17.2 Å². The van der Waals surface area contributed by atoms with Gasteiger partial charge in [-0.2, -0.15) is 26.7 Å². The molecule has 0 saturated carbocycles. The van der Waals surface area contributed by atoms with Gasteiger partial charge in [0.25, 0.3) is 5.91 Å². The number of ether oxygens (including phenoxy) is 1. The summed E-state index contributed by atoms with van der Waals surface area (Å²) in [6.45, 7) is 4.73. The number of nitrogens with one attached hydrogen (secondary N) is 1. The van der Waals surface area contributed by atoms with Crippen LogP contribution < -0.4 is 0 Å². The van der Waals surface area contributed by atoms with E-state index in [1.807, 2.05) is 4.90 Å². The van der Waals surface area contributed by atoms with Crippen LogP contribution in [0.3, 0.4) is 0 Å². The highest BCUT2D eigenvalue weighted by atomic mass is 32.1. The highest BCUT2D eigenvalue weighted by molar-refractivity contribution is 7.07. The minimum Gasteiger partial charge on any atom is -0.379 e. The quantitative estimate of drug-likeness (QED) is 0.901. The van der Waals surface area contributed by atoms with E-state index in [-0.39, 0.29) is 11.9 Å². The van der Waals surface area contributed by atoms with E-state index in [9.17, 15) is 4.79 Å². The van der Waals surface area contributed by atoms with Crippen LogP contribution in [0, 0.1) is 5.92 Å². The van der Waals surface area contributed by atoms with Gasteiger partial charge in [-0.25, -0.2) is 0 Å². The topological polar surface area (TPSA) is 74.3 Å². The lowest BCUT2D eigenvalue weighted by atomic mass is 10.1. The molecule has 2 saturated heterocycles. The summed E-state index contributed by atoms with van der Waals surface area (Å²) < 4.78 is 5.78. The van der Waals surface area contributed by atoms with Crippen LogP contribution in [0.2, 0.25) is 0 Å². The second-order valence-corrected chi connectivity index (χ2v) is 6.98. The number of nitrogens with zero attached hydrogens (tertiary/aromatic N) is 4. The van der Waals surface area contributed by atoms with Crippen LogP contribution in [0.25, 0.3) is 0 Å². The zero-order valence-electron chi connectivity index (χ0n) is 12.7. The van der Waals surface area contributed by atoms with Gasteiger partial charge >= 0.3 is 0 Å². The molecule has 2 fully saturated rings. The molecule has 2 bridgehead atoms. The van der Waals surface area contributed by atoms with Crippen molar-refractivity contribution in [3.63, 3.8) is 0 Å². The molecule has 0 spiro atoms. The Kier molecular flexibility index (Phi) is 4.11. The number of thiophene rings is 1. The Labute approximate surface area is 138 Å². The van der Waals surface area contributed by atoms with E-state index in [1.165, 1.54) is 11.8 Å². The lowest BCUT2D eigenvalue weighted by Gasteiger charge is -2.30. The Hall–Kier alpha value is -1.77. The number of rotatable bonds is 3. The molecule has 23 heavy (non-hydrogen) atoms. The van der Waals surface area contributed by atoms with Crippen LogP contribution in [-0.4, -0.2) is 70.0 Å². The molecule has 4 rings (SSSR count). The van der Waals surface area contributed by atoms with Crippen molar-refractivity contribution in [1.29, 1.82) is 0 Å². The summed E-state index contributed by atoms with van der Waals surface area (Å²) in [5.74, 6) is 0.272. The molecule has 1 N–H and O–H groups in total. The van der Waals surface area contributed by atoms with E-state index in [0.29, 0.717) is 24.8 Å². The van der Waals surface area contributed by atoms with Crippen LogP contribution in [0.4, 0.5) is 0 Å². The maximum absolute atomic E-state index is 12.7. The van der Waals surface area contributed by atoms with E-state index < -0.39 is 0 Å². The Morgan fingerprint density at radius 3 is 3.13 bits per heavy atom. The second kappa shape index (κ2) is 6.38. The lowest BCUT2D eigenvalue weighted by Crippen LogP contribution is -2.46. The molecule has 4 heterocycles. The van der Waals surface area contributed by atoms with Gasteiger partial charge in [0.15, 0.2) is 5.69 Å².